The molecule has 1 aliphatic rings. The van der Waals surface area contributed by atoms with Crippen LogP contribution < -0.4 is 9.47 Å². The zero-order valence-corrected chi connectivity index (χ0v) is 15.3. The van der Waals surface area contributed by atoms with E-state index < -0.39 is 0 Å². The number of rotatable bonds is 7. The fraction of sp³-hybridized carbons (Fsp3) is 0.421. The molecule has 1 aromatic carbocycles. The lowest BCUT2D eigenvalue weighted by atomic mass is 9.76. The summed E-state index contributed by atoms with van der Waals surface area (Å²) in [5.41, 5.74) is 1.04. The van der Waals surface area contributed by atoms with Gasteiger partial charge >= 0.3 is 0 Å². The van der Waals surface area contributed by atoms with Gasteiger partial charge in [-0.15, -0.1) is 0 Å². The van der Waals surface area contributed by atoms with Crippen LogP contribution >= 0.6 is 11.8 Å². The first kappa shape index (κ1) is 17.7. The normalized spacial score (nSPS) is 17.0. The molecule has 0 spiro atoms. The van der Waals surface area contributed by atoms with Gasteiger partial charge in [0.25, 0.3) is 0 Å². The SMILES string of the molecule is COc1cc(OC)nc(SC(C=O)C2(c3ccccc3)CCCC2)n1. The molecule has 2 aromatic rings. The minimum atomic E-state index is -0.255. The first-order valence-electron chi connectivity index (χ1n) is 8.36. The molecule has 1 heterocycles. The Hall–Kier alpha value is -2.08. The zero-order chi connectivity index (χ0) is 17.7. The van der Waals surface area contributed by atoms with Crippen LogP contribution in [0.15, 0.2) is 41.6 Å². The smallest absolute Gasteiger partial charge is 0.220 e. The van der Waals surface area contributed by atoms with Gasteiger partial charge in [-0.3, -0.25) is 0 Å². The molecule has 0 saturated heterocycles. The van der Waals surface area contributed by atoms with Crippen LogP contribution in [0.2, 0.25) is 0 Å². The third-order valence-corrected chi connectivity index (χ3v) is 6.03. The van der Waals surface area contributed by atoms with Crippen molar-refractivity contribution in [1.29, 1.82) is 0 Å². The third kappa shape index (κ3) is 3.63. The van der Waals surface area contributed by atoms with Crippen molar-refractivity contribution in [2.45, 2.75) is 41.5 Å². The third-order valence-electron chi connectivity index (χ3n) is 4.82. The summed E-state index contributed by atoms with van der Waals surface area (Å²) in [6.45, 7) is 0. The number of hydrogen-bond donors (Lipinski definition) is 0. The van der Waals surface area contributed by atoms with E-state index in [0.717, 1.165) is 32.0 Å². The largest absolute Gasteiger partial charge is 0.481 e. The Kier molecular flexibility index (Phi) is 5.58. The van der Waals surface area contributed by atoms with Gasteiger partial charge in [0.15, 0.2) is 5.16 Å². The van der Waals surface area contributed by atoms with E-state index in [1.165, 1.54) is 17.3 Å². The van der Waals surface area contributed by atoms with Crippen LogP contribution in [-0.2, 0) is 10.2 Å². The molecule has 0 bridgehead atoms. The monoisotopic (exact) mass is 358 g/mol. The minimum absolute atomic E-state index is 0.173. The van der Waals surface area contributed by atoms with Crippen molar-refractivity contribution < 1.29 is 14.3 Å². The summed E-state index contributed by atoms with van der Waals surface area (Å²) in [5, 5.41) is 0.240. The second-order valence-corrected chi connectivity index (χ2v) is 7.25. The van der Waals surface area contributed by atoms with Gasteiger partial charge in [-0.2, -0.15) is 9.97 Å². The second kappa shape index (κ2) is 7.87. The molecule has 1 saturated carbocycles. The van der Waals surface area contributed by atoms with Crippen molar-refractivity contribution in [3.63, 3.8) is 0 Å². The van der Waals surface area contributed by atoms with E-state index in [-0.39, 0.29) is 10.7 Å². The van der Waals surface area contributed by atoms with Gasteiger partial charge in [0.05, 0.1) is 25.5 Å². The number of ether oxygens (including phenoxy) is 2. The predicted molar refractivity (Wildman–Crippen MR) is 97.4 cm³/mol. The fourth-order valence-electron chi connectivity index (χ4n) is 3.54. The number of methoxy groups -OCH3 is 2. The molecule has 25 heavy (non-hydrogen) atoms. The molecule has 1 aliphatic carbocycles. The lowest BCUT2D eigenvalue weighted by Crippen LogP contribution is -2.36. The van der Waals surface area contributed by atoms with Crippen LogP contribution in [0.1, 0.15) is 31.2 Å². The van der Waals surface area contributed by atoms with Crippen LogP contribution in [0.5, 0.6) is 11.8 Å². The van der Waals surface area contributed by atoms with Crippen LogP contribution in [-0.4, -0.2) is 35.7 Å². The highest BCUT2D eigenvalue weighted by molar-refractivity contribution is 8.00. The summed E-state index contributed by atoms with van der Waals surface area (Å²) >= 11 is 1.39. The van der Waals surface area contributed by atoms with Crippen molar-refractivity contribution in [2.75, 3.05) is 14.2 Å². The molecule has 0 N–H and O–H groups in total. The van der Waals surface area contributed by atoms with Gasteiger partial charge < -0.3 is 14.3 Å². The molecule has 5 nitrogen and oxygen atoms in total. The van der Waals surface area contributed by atoms with Crippen LogP contribution in [0, 0.1) is 0 Å². The average molecular weight is 358 g/mol. The van der Waals surface area contributed by atoms with Crippen molar-refractivity contribution in [3.8, 4) is 11.8 Å². The quantitative estimate of drug-likeness (QED) is 0.428. The summed E-state index contributed by atoms with van der Waals surface area (Å²) in [4.78, 5) is 20.8. The van der Waals surface area contributed by atoms with Crippen LogP contribution in [0.25, 0.3) is 0 Å². The number of hydrogen-bond acceptors (Lipinski definition) is 6. The van der Waals surface area contributed by atoms with Crippen molar-refractivity contribution in [1.82, 2.24) is 9.97 Å². The highest BCUT2D eigenvalue weighted by Gasteiger charge is 2.43. The van der Waals surface area contributed by atoms with Crippen molar-refractivity contribution >= 4 is 18.0 Å². The Balaban J connectivity index is 1.95. The Morgan fingerprint density at radius 2 is 1.68 bits per heavy atom. The number of carbonyl (C=O) groups is 1. The van der Waals surface area contributed by atoms with E-state index in [4.69, 9.17) is 9.47 Å². The van der Waals surface area contributed by atoms with E-state index in [2.05, 4.69) is 22.1 Å². The van der Waals surface area contributed by atoms with Crippen LogP contribution in [0.4, 0.5) is 0 Å². The van der Waals surface area contributed by atoms with Gasteiger partial charge in [-0.05, 0) is 18.4 Å². The number of carbonyl (C=O) groups excluding carboxylic acids is 1. The van der Waals surface area contributed by atoms with Gasteiger partial charge in [0.1, 0.15) is 6.29 Å². The minimum Gasteiger partial charge on any atom is -0.481 e. The first-order chi connectivity index (χ1) is 12.2. The Morgan fingerprint density at radius 1 is 1.08 bits per heavy atom. The van der Waals surface area contributed by atoms with Gasteiger partial charge in [-0.1, -0.05) is 54.9 Å². The van der Waals surface area contributed by atoms with E-state index in [9.17, 15) is 4.79 Å². The Morgan fingerprint density at radius 3 is 2.20 bits per heavy atom. The van der Waals surface area contributed by atoms with Gasteiger partial charge in [0.2, 0.25) is 11.8 Å². The van der Waals surface area contributed by atoms with E-state index >= 15 is 0 Å². The second-order valence-electron chi connectivity index (χ2n) is 6.14. The lowest BCUT2D eigenvalue weighted by molar-refractivity contribution is -0.108. The number of benzene rings is 1. The first-order valence-corrected chi connectivity index (χ1v) is 9.24. The molecule has 1 fully saturated rings. The number of nitrogens with zero attached hydrogens (tertiary/aromatic N) is 2. The predicted octanol–water partition coefficient (Wildman–Crippen LogP) is 3.67. The molecule has 0 radical (unpaired) electrons. The summed E-state index contributed by atoms with van der Waals surface area (Å²) in [5.74, 6) is 0.860. The molecule has 0 aliphatic heterocycles. The zero-order valence-electron chi connectivity index (χ0n) is 14.5. The Labute approximate surface area is 152 Å². The molecule has 1 atom stereocenters. The topological polar surface area (TPSA) is 61.3 Å². The molecular weight excluding hydrogens is 336 g/mol. The van der Waals surface area contributed by atoms with E-state index in [1.54, 1.807) is 20.3 Å². The van der Waals surface area contributed by atoms with E-state index in [0.29, 0.717) is 16.9 Å². The van der Waals surface area contributed by atoms with Crippen LogP contribution in [0.3, 0.4) is 0 Å². The summed E-state index contributed by atoms with van der Waals surface area (Å²) in [6.07, 6.45) is 5.28. The maximum absolute atomic E-state index is 12.0. The average Bonchev–Trinajstić information content (AvgIpc) is 3.17. The summed E-state index contributed by atoms with van der Waals surface area (Å²) in [6, 6.07) is 11.9. The maximum atomic E-state index is 12.0. The highest BCUT2D eigenvalue weighted by atomic mass is 32.2. The molecular formula is C19H22N2O3S. The van der Waals surface area contributed by atoms with Gasteiger partial charge in [-0.25, -0.2) is 0 Å². The fourth-order valence-corrected chi connectivity index (χ4v) is 4.71. The van der Waals surface area contributed by atoms with E-state index in [1.807, 2.05) is 18.2 Å². The molecule has 1 aromatic heterocycles. The summed E-state index contributed by atoms with van der Waals surface area (Å²) in [7, 11) is 3.10. The van der Waals surface area contributed by atoms with Crippen molar-refractivity contribution in [3.05, 3.63) is 42.0 Å². The summed E-state index contributed by atoms with van der Waals surface area (Å²) < 4.78 is 10.4. The Bertz CT molecular complexity index is 696. The number of thioether (sulfide) groups is 1. The molecule has 0 amide bonds. The van der Waals surface area contributed by atoms with Crippen molar-refractivity contribution in [2.24, 2.45) is 0 Å². The maximum Gasteiger partial charge on any atom is 0.220 e. The standard InChI is InChI=1S/C19H22N2O3S/c1-23-16-12-17(24-2)21-18(20-16)25-15(13-22)19(10-6-7-11-19)14-8-4-3-5-9-14/h3-5,8-9,12-13,15H,6-7,10-11H2,1-2H3. The molecule has 1 unspecified atom stereocenters. The lowest BCUT2D eigenvalue weighted by Gasteiger charge is -2.34. The van der Waals surface area contributed by atoms with Gasteiger partial charge in [0, 0.05) is 5.41 Å². The molecule has 3 rings (SSSR count). The number of aldehydes is 1. The molecule has 6 heteroatoms. The highest BCUT2D eigenvalue weighted by Crippen LogP contribution is 2.48. The number of aromatic nitrogens is 2. The molecule has 132 valence electrons.